The summed E-state index contributed by atoms with van der Waals surface area (Å²) >= 11 is 0. The molecule has 0 spiro atoms. The Hall–Kier alpha value is -0.600. The minimum atomic E-state index is -3.47. The molecule has 4 atom stereocenters. The van der Waals surface area contributed by atoms with Crippen molar-refractivity contribution in [1.29, 1.82) is 5.26 Å². The van der Waals surface area contributed by atoms with E-state index in [1.54, 1.807) is 6.07 Å². The van der Waals surface area contributed by atoms with Gasteiger partial charge in [-0.1, -0.05) is 20.3 Å². The van der Waals surface area contributed by atoms with Gasteiger partial charge >= 0.3 is 0 Å². The Labute approximate surface area is 98.1 Å². The largest absolute Gasteiger partial charge is 0.227 e. The van der Waals surface area contributed by atoms with Crippen LogP contribution in [0.15, 0.2) is 0 Å². The van der Waals surface area contributed by atoms with Gasteiger partial charge in [-0.2, -0.15) is 5.26 Å². The molecule has 0 aromatic carbocycles. The summed E-state index contributed by atoms with van der Waals surface area (Å²) < 4.78 is 26.1. The summed E-state index contributed by atoms with van der Waals surface area (Å²) in [5, 5.41) is 7.67. The van der Waals surface area contributed by atoms with Crippen LogP contribution in [0, 0.1) is 23.2 Å². The SMILES string of the molecule is CCC1CCC(NS(=O)(=O)C(C)C#N)C1C. The highest BCUT2D eigenvalue weighted by Crippen LogP contribution is 2.34. The number of hydrogen-bond donors (Lipinski definition) is 1. The van der Waals surface area contributed by atoms with Crippen molar-refractivity contribution < 1.29 is 8.42 Å². The number of nitriles is 1. The van der Waals surface area contributed by atoms with Crippen LogP contribution in [0.2, 0.25) is 0 Å². The van der Waals surface area contributed by atoms with E-state index < -0.39 is 15.3 Å². The molecule has 4 nitrogen and oxygen atoms in total. The summed E-state index contributed by atoms with van der Waals surface area (Å²) in [5.41, 5.74) is 0. The number of hydrogen-bond acceptors (Lipinski definition) is 3. The molecule has 1 aliphatic rings. The molecule has 5 heteroatoms. The minimum absolute atomic E-state index is 0.00532. The van der Waals surface area contributed by atoms with Crippen molar-refractivity contribution in [2.45, 2.75) is 51.3 Å². The fourth-order valence-corrected chi connectivity index (χ4v) is 3.47. The van der Waals surface area contributed by atoms with Crippen LogP contribution in [0.3, 0.4) is 0 Å². The molecule has 4 unspecified atom stereocenters. The standard InChI is InChI=1S/C11H20N2O2S/c1-4-10-5-6-11(9(10)3)13-16(14,15)8(2)7-12/h8-11,13H,4-6H2,1-3H3. The van der Waals surface area contributed by atoms with Gasteiger partial charge in [-0.05, 0) is 31.6 Å². The molecule has 0 aromatic rings. The van der Waals surface area contributed by atoms with Crippen LogP contribution in [0.25, 0.3) is 0 Å². The van der Waals surface area contributed by atoms with Crippen LogP contribution in [0.5, 0.6) is 0 Å². The fraction of sp³-hybridized carbons (Fsp3) is 0.909. The van der Waals surface area contributed by atoms with E-state index in [4.69, 9.17) is 5.26 Å². The van der Waals surface area contributed by atoms with Crippen molar-refractivity contribution in [3.63, 3.8) is 0 Å². The number of rotatable bonds is 4. The molecular formula is C11H20N2O2S. The Bertz CT molecular complexity index is 372. The second-order valence-corrected chi connectivity index (χ2v) is 6.68. The summed E-state index contributed by atoms with van der Waals surface area (Å²) in [6.45, 7) is 5.64. The molecule has 1 aliphatic carbocycles. The van der Waals surface area contributed by atoms with Gasteiger partial charge in [0.05, 0.1) is 6.07 Å². The quantitative estimate of drug-likeness (QED) is 0.817. The van der Waals surface area contributed by atoms with Gasteiger partial charge < -0.3 is 0 Å². The zero-order valence-electron chi connectivity index (χ0n) is 10.1. The van der Waals surface area contributed by atoms with E-state index in [-0.39, 0.29) is 6.04 Å². The molecule has 0 aromatic heterocycles. The van der Waals surface area contributed by atoms with Crippen molar-refractivity contribution in [2.24, 2.45) is 11.8 Å². The second-order valence-electron chi connectivity index (χ2n) is 4.65. The zero-order valence-corrected chi connectivity index (χ0v) is 10.9. The predicted molar refractivity (Wildman–Crippen MR) is 63.1 cm³/mol. The van der Waals surface area contributed by atoms with Crippen LogP contribution in [-0.4, -0.2) is 19.7 Å². The minimum Gasteiger partial charge on any atom is -0.211 e. The first kappa shape index (κ1) is 13.5. The van der Waals surface area contributed by atoms with Gasteiger partial charge in [0.15, 0.2) is 5.25 Å². The first-order chi connectivity index (χ1) is 7.42. The maximum absolute atomic E-state index is 11.7. The molecule has 16 heavy (non-hydrogen) atoms. The first-order valence-corrected chi connectivity index (χ1v) is 7.37. The van der Waals surface area contributed by atoms with E-state index in [0.717, 1.165) is 19.3 Å². The molecule has 0 amide bonds. The zero-order chi connectivity index (χ0) is 12.3. The van der Waals surface area contributed by atoms with Crippen molar-refractivity contribution in [3.05, 3.63) is 0 Å². The van der Waals surface area contributed by atoms with Gasteiger partial charge in [-0.15, -0.1) is 0 Å². The van der Waals surface area contributed by atoms with Gasteiger partial charge in [-0.25, -0.2) is 13.1 Å². The molecule has 0 bridgehead atoms. The number of nitrogens with zero attached hydrogens (tertiary/aromatic N) is 1. The Morgan fingerprint density at radius 2 is 2.12 bits per heavy atom. The lowest BCUT2D eigenvalue weighted by Gasteiger charge is -2.21. The third-order valence-corrected chi connectivity index (χ3v) is 5.38. The molecule has 0 aliphatic heterocycles. The highest BCUT2D eigenvalue weighted by atomic mass is 32.2. The first-order valence-electron chi connectivity index (χ1n) is 5.83. The average molecular weight is 244 g/mol. The second kappa shape index (κ2) is 5.15. The summed E-state index contributed by atoms with van der Waals surface area (Å²) in [4.78, 5) is 0. The van der Waals surface area contributed by atoms with Crippen LogP contribution >= 0.6 is 0 Å². The lowest BCUT2D eigenvalue weighted by Crippen LogP contribution is -2.41. The van der Waals surface area contributed by atoms with Crippen molar-refractivity contribution in [2.75, 3.05) is 0 Å². The predicted octanol–water partition coefficient (Wildman–Crippen LogP) is 1.64. The van der Waals surface area contributed by atoms with Gasteiger partial charge in [0.25, 0.3) is 0 Å². The van der Waals surface area contributed by atoms with E-state index in [0.29, 0.717) is 11.8 Å². The number of nitrogens with one attached hydrogen (secondary N) is 1. The van der Waals surface area contributed by atoms with E-state index in [1.165, 1.54) is 6.92 Å². The number of sulfonamides is 1. The molecule has 0 saturated heterocycles. The third kappa shape index (κ3) is 2.74. The lowest BCUT2D eigenvalue weighted by molar-refractivity contribution is 0.368. The Kier molecular flexibility index (Phi) is 4.34. The van der Waals surface area contributed by atoms with Crippen molar-refractivity contribution >= 4 is 10.0 Å². The Morgan fingerprint density at radius 1 is 1.50 bits per heavy atom. The van der Waals surface area contributed by atoms with E-state index in [9.17, 15) is 8.42 Å². The third-order valence-electron chi connectivity index (χ3n) is 3.71. The molecular weight excluding hydrogens is 224 g/mol. The van der Waals surface area contributed by atoms with Crippen molar-refractivity contribution in [1.82, 2.24) is 4.72 Å². The van der Waals surface area contributed by atoms with E-state index in [2.05, 4.69) is 18.6 Å². The molecule has 92 valence electrons. The highest BCUT2D eigenvalue weighted by molar-refractivity contribution is 7.90. The topological polar surface area (TPSA) is 70.0 Å². The molecule has 0 heterocycles. The summed E-state index contributed by atoms with van der Waals surface area (Å²) in [6, 6.07) is 1.77. The van der Waals surface area contributed by atoms with Gasteiger partial charge in [0, 0.05) is 6.04 Å². The lowest BCUT2D eigenvalue weighted by atomic mass is 9.94. The maximum atomic E-state index is 11.7. The Morgan fingerprint density at radius 3 is 2.56 bits per heavy atom. The highest BCUT2D eigenvalue weighted by Gasteiger charge is 2.35. The summed E-state index contributed by atoms with van der Waals surface area (Å²) in [5.74, 6) is 0.968. The summed E-state index contributed by atoms with van der Waals surface area (Å²) in [7, 11) is -3.47. The molecule has 0 radical (unpaired) electrons. The monoisotopic (exact) mass is 244 g/mol. The maximum Gasteiger partial charge on any atom is 0.227 e. The van der Waals surface area contributed by atoms with Crippen LogP contribution in [-0.2, 0) is 10.0 Å². The van der Waals surface area contributed by atoms with Crippen LogP contribution in [0.4, 0.5) is 0 Å². The smallest absolute Gasteiger partial charge is 0.211 e. The average Bonchev–Trinajstić information content (AvgIpc) is 2.58. The molecule has 1 rings (SSSR count). The van der Waals surface area contributed by atoms with Crippen molar-refractivity contribution in [3.8, 4) is 6.07 Å². The van der Waals surface area contributed by atoms with Gasteiger partial charge in [-0.3, -0.25) is 0 Å². The Balaban J connectivity index is 2.67. The van der Waals surface area contributed by atoms with Crippen LogP contribution < -0.4 is 4.72 Å². The molecule has 1 saturated carbocycles. The van der Waals surface area contributed by atoms with Crippen LogP contribution in [0.1, 0.15) is 40.0 Å². The van der Waals surface area contributed by atoms with E-state index >= 15 is 0 Å². The normalized spacial score (nSPS) is 32.2. The molecule has 1 fully saturated rings. The van der Waals surface area contributed by atoms with Gasteiger partial charge in [0.1, 0.15) is 0 Å². The van der Waals surface area contributed by atoms with Gasteiger partial charge in [0.2, 0.25) is 10.0 Å². The van der Waals surface area contributed by atoms with E-state index in [1.807, 2.05) is 0 Å². The fourth-order valence-electron chi connectivity index (χ4n) is 2.37. The summed E-state index contributed by atoms with van der Waals surface area (Å²) in [6.07, 6.45) is 3.05. The molecule has 1 N–H and O–H groups in total.